The Bertz CT molecular complexity index is 497. The van der Waals surface area contributed by atoms with Crippen molar-refractivity contribution in [1.82, 2.24) is 9.97 Å². The third-order valence-electron chi connectivity index (χ3n) is 4.79. The average molecular weight is 407 g/mol. The quantitative estimate of drug-likeness (QED) is 0.534. The number of nitrogens with zero attached hydrogens (tertiary/aromatic N) is 2. The summed E-state index contributed by atoms with van der Waals surface area (Å²) in [7, 11) is 1.77. The topological polar surface area (TPSA) is 35.0 Å². The van der Waals surface area contributed by atoms with Gasteiger partial charge >= 0.3 is 0 Å². The molecule has 110 valence electrons. The number of halogens is 2. The molecule has 1 aromatic heterocycles. The van der Waals surface area contributed by atoms with E-state index in [2.05, 4.69) is 27.6 Å². The van der Waals surface area contributed by atoms with Crippen molar-refractivity contribution in [2.45, 2.75) is 62.9 Å². The van der Waals surface area contributed by atoms with Crippen molar-refractivity contribution in [2.24, 2.45) is 0 Å². The highest BCUT2D eigenvalue weighted by molar-refractivity contribution is 14.1. The summed E-state index contributed by atoms with van der Waals surface area (Å²) in [5.74, 6) is 1.36. The lowest BCUT2D eigenvalue weighted by Gasteiger charge is -2.27. The second-order valence-electron chi connectivity index (χ2n) is 5.92. The molecule has 2 aliphatic carbocycles. The van der Waals surface area contributed by atoms with Crippen LogP contribution in [-0.4, -0.2) is 17.1 Å². The van der Waals surface area contributed by atoms with Crippen LogP contribution in [0.15, 0.2) is 0 Å². The predicted octanol–water partition coefficient (Wildman–Crippen LogP) is 4.81. The van der Waals surface area contributed by atoms with E-state index in [0.29, 0.717) is 11.1 Å². The largest absolute Gasteiger partial charge is 0.370 e. The molecule has 3 nitrogen and oxygen atoms in total. The number of rotatable bonds is 3. The van der Waals surface area contributed by atoms with Crippen LogP contribution >= 0.6 is 34.2 Å². The van der Waals surface area contributed by atoms with E-state index in [-0.39, 0.29) is 5.60 Å². The van der Waals surface area contributed by atoms with Gasteiger partial charge in [-0.15, -0.1) is 0 Å². The summed E-state index contributed by atoms with van der Waals surface area (Å²) in [5, 5.41) is 0.598. The van der Waals surface area contributed by atoms with Crippen molar-refractivity contribution in [2.75, 3.05) is 7.11 Å². The minimum Gasteiger partial charge on any atom is -0.370 e. The van der Waals surface area contributed by atoms with Crippen LogP contribution in [0.25, 0.3) is 0 Å². The normalized spacial score (nSPS) is 22.6. The van der Waals surface area contributed by atoms with Crippen LogP contribution in [0.5, 0.6) is 0 Å². The zero-order chi connectivity index (χ0) is 14.2. The maximum Gasteiger partial charge on any atom is 0.162 e. The molecule has 0 aromatic carbocycles. The Labute approximate surface area is 139 Å². The average Bonchev–Trinajstić information content (AvgIpc) is 3.12. The summed E-state index contributed by atoms with van der Waals surface area (Å²) in [4.78, 5) is 9.46. The lowest BCUT2D eigenvalue weighted by molar-refractivity contribution is -0.0165. The monoisotopic (exact) mass is 406 g/mol. The van der Waals surface area contributed by atoms with Gasteiger partial charge in [0.15, 0.2) is 5.82 Å². The minimum absolute atomic E-state index is 0.304. The Hall–Kier alpha value is 0.0600. The summed E-state index contributed by atoms with van der Waals surface area (Å²) in [6.07, 6.45) is 9.42. The molecule has 2 aliphatic rings. The van der Waals surface area contributed by atoms with Crippen molar-refractivity contribution < 1.29 is 4.74 Å². The summed E-state index contributed by atoms with van der Waals surface area (Å²) in [6.45, 7) is 0. The van der Waals surface area contributed by atoms with Crippen LogP contribution in [0, 0.1) is 3.57 Å². The minimum atomic E-state index is -0.304. The van der Waals surface area contributed by atoms with Gasteiger partial charge in [0.25, 0.3) is 0 Å². The predicted molar refractivity (Wildman–Crippen MR) is 88.1 cm³/mol. The van der Waals surface area contributed by atoms with E-state index in [0.717, 1.165) is 27.9 Å². The summed E-state index contributed by atoms with van der Waals surface area (Å²) >= 11 is 8.67. The lowest BCUT2D eigenvalue weighted by Crippen LogP contribution is -2.28. The Kier molecular flexibility index (Phi) is 4.53. The molecule has 0 radical (unpaired) electrons. The molecule has 2 fully saturated rings. The molecule has 5 heteroatoms. The molecule has 0 unspecified atom stereocenters. The van der Waals surface area contributed by atoms with Crippen LogP contribution in [-0.2, 0) is 10.3 Å². The third-order valence-corrected chi connectivity index (χ3v) is 6.44. The molecular weight excluding hydrogens is 387 g/mol. The molecule has 0 aliphatic heterocycles. The molecule has 1 heterocycles. The second kappa shape index (κ2) is 6.05. The first kappa shape index (κ1) is 15.0. The van der Waals surface area contributed by atoms with E-state index < -0.39 is 0 Å². The van der Waals surface area contributed by atoms with Crippen LogP contribution in [0.4, 0.5) is 0 Å². The van der Waals surface area contributed by atoms with Crippen LogP contribution in [0.2, 0.25) is 5.15 Å². The van der Waals surface area contributed by atoms with Gasteiger partial charge in [-0.25, -0.2) is 9.97 Å². The van der Waals surface area contributed by atoms with Crippen molar-refractivity contribution in [3.8, 4) is 0 Å². The molecule has 0 amide bonds. The Balaban J connectivity index is 2.03. The van der Waals surface area contributed by atoms with Gasteiger partial charge in [-0.1, -0.05) is 24.4 Å². The molecule has 0 bridgehead atoms. The fourth-order valence-corrected chi connectivity index (χ4v) is 4.43. The van der Waals surface area contributed by atoms with Gasteiger partial charge in [-0.2, -0.15) is 0 Å². The maximum atomic E-state index is 6.38. The second-order valence-corrected chi connectivity index (χ2v) is 7.36. The molecule has 2 saturated carbocycles. The lowest BCUT2D eigenvalue weighted by atomic mass is 9.99. The molecule has 0 atom stereocenters. The van der Waals surface area contributed by atoms with E-state index in [1.165, 1.54) is 38.5 Å². The van der Waals surface area contributed by atoms with E-state index in [1.807, 2.05) is 0 Å². The smallest absolute Gasteiger partial charge is 0.162 e. The van der Waals surface area contributed by atoms with Crippen molar-refractivity contribution in [3.05, 3.63) is 20.2 Å². The van der Waals surface area contributed by atoms with E-state index >= 15 is 0 Å². The standard InChI is InChI=1S/C15H20ClIN2O/c1-20-15(8-4-5-9-15)14-18-12(10-6-2-3-7-10)11(17)13(16)19-14/h10H,2-9H2,1H3. The molecule has 0 N–H and O–H groups in total. The van der Waals surface area contributed by atoms with Gasteiger partial charge in [-0.05, 0) is 61.1 Å². The van der Waals surface area contributed by atoms with Crippen LogP contribution < -0.4 is 0 Å². The molecule has 0 spiro atoms. The van der Waals surface area contributed by atoms with Gasteiger partial charge in [0, 0.05) is 13.0 Å². The molecule has 0 saturated heterocycles. The Morgan fingerprint density at radius 3 is 2.40 bits per heavy atom. The fourth-order valence-electron chi connectivity index (χ4n) is 3.57. The zero-order valence-corrected chi connectivity index (χ0v) is 14.7. The van der Waals surface area contributed by atoms with Gasteiger partial charge in [-0.3, -0.25) is 0 Å². The number of ether oxygens (including phenoxy) is 1. The molecule has 20 heavy (non-hydrogen) atoms. The van der Waals surface area contributed by atoms with Crippen LogP contribution in [0.1, 0.15) is 68.8 Å². The Morgan fingerprint density at radius 2 is 1.80 bits per heavy atom. The maximum absolute atomic E-state index is 6.38. The first-order chi connectivity index (χ1) is 9.66. The first-order valence-corrected chi connectivity index (χ1v) is 8.90. The number of methoxy groups -OCH3 is 1. The van der Waals surface area contributed by atoms with Crippen LogP contribution in [0.3, 0.4) is 0 Å². The zero-order valence-electron chi connectivity index (χ0n) is 11.8. The van der Waals surface area contributed by atoms with Gasteiger partial charge in [0.1, 0.15) is 10.8 Å². The number of hydrogen-bond acceptors (Lipinski definition) is 3. The van der Waals surface area contributed by atoms with Gasteiger partial charge in [0.05, 0.1) is 9.26 Å². The SMILES string of the molecule is COC1(c2nc(Cl)c(I)c(C3CCCC3)n2)CCCC1. The van der Waals surface area contributed by atoms with Crippen molar-refractivity contribution >= 4 is 34.2 Å². The fraction of sp³-hybridized carbons (Fsp3) is 0.733. The van der Waals surface area contributed by atoms with Crippen molar-refractivity contribution in [3.63, 3.8) is 0 Å². The van der Waals surface area contributed by atoms with Gasteiger partial charge in [0.2, 0.25) is 0 Å². The molecule has 1 aromatic rings. The summed E-state index contributed by atoms with van der Waals surface area (Å²) in [5.41, 5.74) is 0.850. The number of aromatic nitrogens is 2. The first-order valence-electron chi connectivity index (χ1n) is 7.45. The van der Waals surface area contributed by atoms with E-state index in [4.69, 9.17) is 21.3 Å². The highest BCUT2D eigenvalue weighted by Gasteiger charge is 2.39. The summed E-state index contributed by atoms with van der Waals surface area (Å²) < 4.78 is 6.84. The molecule has 3 rings (SSSR count). The highest BCUT2D eigenvalue weighted by atomic mass is 127. The third kappa shape index (κ3) is 2.59. The Morgan fingerprint density at radius 1 is 1.15 bits per heavy atom. The number of hydrogen-bond donors (Lipinski definition) is 0. The van der Waals surface area contributed by atoms with E-state index in [1.54, 1.807) is 7.11 Å². The van der Waals surface area contributed by atoms with Gasteiger partial charge < -0.3 is 4.74 Å². The van der Waals surface area contributed by atoms with Crippen molar-refractivity contribution in [1.29, 1.82) is 0 Å². The highest BCUT2D eigenvalue weighted by Crippen LogP contribution is 2.43. The molecular formula is C15H20ClIN2O. The summed E-state index contributed by atoms with van der Waals surface area (Å²) in [6, 6.07) is 0. The van der Waals surface area contributed by atoms with E-state index in [9.17, 15) is 0 Å².